The second-order valence-electron chi connectivity index (χ2n) is 5.34. The minimum Gasteiger partial charge on any atom is -0.497 e. The summed E-state index contributed by atoms with van der Waals surface area (Å²) in [6, 6.07) is 12.3. The van der Waals surface area contributed by atoms with E-state index in [2.05, 4.69) is 10.9 Å². The maximum atomic E-state index is 11.7. The number of nitrogens with one attached hydrogen (secondary N) is 2. The van der Waals surface area contributed by atoms with Crippen molar-refractivity contribution >= 4 is 29.5 Å². The van der Waals surface area contributed by atoms with E-state index in [1.807, 2.05) is 19.1 Å². The highest BCUT2D eigenvalue weighted by atomic mass is 35.5. The first kappa shape index (κ1) is 19.3. The number of hydrazine groups is 1. The molecule has 0 aliphatic heterocycles. The summed E-state index contributed by atoms with van der Waals surface area (Å²) in [5.41, 5.74) is 6.21. The van der Waals surface area contributed by atoms with Crippen LogP contribution in [0.3, 0.4) is 0 Å². The molecular formula is C19H19ClN2O4. The Hall–Kier alpha value is -2.99. The van der Waals surface area contributed by atoms with Crippen LogP contribution in [0.2, 0.25) is 5.02 Å². The molecule has 0 unspecified atom stereocenters. The molecule has 0 saturated carbocycles. The molecule has 0 atom stereocenters. The lowest BCUT2D eigenvalue weighted by molar-refractivity contribution is -0.128. The van der Waals surface area contributed by atoms with Crippen molar-refractivity contribution in [2.45, 2.75) is 6.92 Å². The number of rotatable bonds is 6. The molecule has 2 rings (SSSR count). The number of benzene rings is 2. The predicted octanol–water partition coefficient (Wildman–Crippen LogP) is 2.90. The lowest BCUT2D eigenvalue weighted by atomic mass is 10.2. The normalized spacial score (nSPS) is 10.4. The van der Waals surface area contributed by atoms with Crippen molar-refractivity contribution in [3.05, 3.63) is 64.7 Å². The Morgan fingerprint density at radius 2 is 1.85 bits per heavy atom. The van der Waals surface area contributed by atoms with E-state index in [-0.39, 0.29) is 6.61 Å². The number of carbonyl (C=O) groups excluding carboxylic acids is 2. The second-order valence-corrected chi connectivity index (χ2v) is 5.78. The van der Waals surface area contributed by atoms with E-state index in [0.29, 0.717) is 10.8 Å². The van der Waals surface area contributed by atoms with Gasteiger partial charge in [-0.25, -0.2) is 0 Å². The van der Waals surface area contributed by atoms with Crippen LogP contribution in [-0.4, -0.2) is 25.5 Å². The van der Waals surface area contributed by atoms with Gasteiger partial charge in [0, 0.05) is 11.1 Å². The van der Waals surface area contributed by atoms with Gasteiger partial charge in [0.1, 0.15) is 11.5 Å². The molecule has 0 radical (unpaired) electrons. The van der Waals surface area contributed by atoms with Crippen molar-refractivity contribution in [1.29, 1.82) is 0 Å². The van der Waals surface area contributed by atoms with E-state index in [4.69, 9.17) is 21.1 Å². The monoisotopic (exact) mass is 374 g/mol. The lowest BCUT2D eigenvalue weighted by Gasteiger charge is -2.09. The Kier molecular flexibility index (Phi) is 7.05. The molecule has 136 valence electrons. The largest absolute Gasteiger partial charge is 0.497 e. The SMILES string of the molecule is COc1ccc(/C=C/C(=O)NNC(=O)COc2ccc(Cl)cc2C)cc1. The van der Waals surface area contributed by atoms with Crippen molar-refractivity contribution in [3.63, 3.8) is 0 Å². The third-order valence-electron chi connectivity index (χ3n) is 3.36. The molecule has 6 nitrogen and oxygen atoms in total. The summed E-state index contributed by atoms with van der Waals surface area (Å²) in [7, 11) is 1.58. The third-order valence-corrected chi connectivity index (χ3v) is 3.60. The first-order chi connectivity index (χ1) is 12.5. The molecule has 0 saturated heterocycles. The molecule has 2 amide bonds. The minimum atomic E-state index is -0.481. The fourth-order valence-corrected chi connectivity index (χ4v) is 2.24. The van der Waals surface area contributed by atoms with Gasteiger partial charge in [-0.1, -0.05) is 23.7 Å². The first-order valence-corrected chi connectivity index (χ1v) is 8.15. The van der Waals surface area contributed by atoms with Gasteiger partial charge < -0.3 is 9.47 Å². The summed E-state index contributed by atoms with van der Waals surface area (Å²) in [6.45, 7) is 1.59. The second kappa shape index (κ2) is 9.48. The van der Waals surface area contributed by atoms with Gasteiger partial charge in [0.2, 0.25) is 0 Å². The van der Waals surface area contributed by atoms with E-state index in [0.717, 1.165) is 16.9 Å². The van der Waals surface area contributed by atoms with Crippen LogP contribution in [-0.2, 0) is 9.59 Å². The molecular weight excluding hydrogens is 356 g/mol. The zero-order valence-corrected chi connectivity index (χ0v) is 15.2. The fraction of sp³-hybridized carbons (Fsp3) is 0.158. The number of carbonyl (C=O) groups is 2. The van der Waals surface area contributed by atoms with E-state index in [9.17, 15) is 9.59 Å². The van der Waals surface area contributed by atoms with Gasteiger partial charge in [-0.2, -0.15) is 0 Å². The third kappa shape index (κ3) is 6.14. The van der Waals surface area contributed by atoms with Crippen molar-refractivity contribution in [2.75, 3.05) is 13.7 Å². The number of amides is 2. The van der Waals surface area contributed by atoms with Crippen LogP contribution in [0.4, 0.5) is 0 Å². The molecule has 0 bridgehead atoms. The predicted molar refractivity (Wildman–Crippen MR) is 100.0 cm³/mol. The number of ether oxygens (including phenoxy) is 2. The van der Waals surface area contributed by atoms with Gasteiger partial charge in [-0.3, -0.25) is 20.4 Å². The van der Waals surface area contributed by atoms with Crippen LogP contribution < -0.4 is 20.3 Å². The lowest BCUT2D eigenvalue weighted by Crippen LogP contribution is -2.43. The van der Waals surface area contributed by atoms with Crippen LogP contribution in [0.5, 0.6) is 11.5 Å². The van der Waals surface area contributed by atoms with Crippen molar-refractivity contribution in [3.8, 4) is 11.5 Å². The van der Waals surface area contributed by atoms with Crippen LogP contribution in [0, 0.1) is 6.92 Å². The smallest absolute Gasteiger partial charge is 0.276 e. The Bertz CT molecular complexity index is 804. The van der Waals surface area contributed by atoms with Gasteiger partial charge in [0.25, 0.3) is 11.8 Å². The highest BCUT2D eigenvalue weighted by Crippen LogP contribution is 2.21. The average Bonchev–Trinajstić information content (AvgIpc) is 2.64. The van der Waals surface area contributed by atoms with Crippen LogP contribution in [0.1, 0.15) is 11.1 Å². The zero-order chi connectivity index (χ0) is 18.9. The van der Waals surface area contributed by atoms with E-state index >= 15 is 0 Å². The van der Waals surface area contributed by atoms with Gasteiger partial charge in [-0.05, 0) is 54.5 Å². The van der Waals surface area contributed by atoms with Crippen molar-refractivity contribution in [2.24, 2.45) is 0 Å². The molecule has 0 aromatic heterocycles. The molecule has 0 spiro atoms. The number of hydrogen-bond acceptors (Lipinski definition) is 4. The van der Waals surface area contributed by atoms with Gasteiger partial charge in [0.05, 0.1) is 7.11 Å². The molecule has 0 aliphatic rings. The van der Waals surface area contributed by atoms with Crippen LogP contribution in [0.15, 0.2) is 48.5 Å². The van der Waals surface area contributed by atoms with Crippen molar-refractivity contribution < 1.29 is 19.1 Å². The van der Waals surface area contributed by atoms with Crippen LogP contribution >= 0.6 is 11.6 Å². The number of hydrogen-bond donors (Lipinski definition) is 2. The maximum absolute atomic E-state index is 11.7. The highest BCUT2D eigenvalue weighted by Gasteiger charge is 2.06. The summed E-state index contributed by atoms with van der Waals surface area (Å²) in [4.78, 5) is 23.4. The summed E-state index contributed by atoms with van der Waals surface area (Å²) >= 11 is 5.86. The molecule has 0 heterocycles. The van der Waals surface area contributed by atoms with E-state index in [1.54, 1.807) is 43.5 Å². The fourth-order valence-electron chi connectivity index (χ4n) is 2.01. The number of aryl methyl sites for hydroxylation is 1. The molecule has 2 N–H and O–H groups in total. The van der Waals surface area contributed by atoms with Gasteiger partial charge in [0.15, 0.2) is 6.61 Å². The summed E-state index contributed by atoms with van der Waals surface area (Å²) < 4.78 is 10.4. The summed E-state index contributed by atoms with van der Waals surface area (Å²) in [5.74, 6) is 0.340. The molecule has 2 aromatic carbocycles. The topological polar surface area (TPSA) is 76.7 Å². The highest BCUT2D eigenvalue weighted by molar-refractivity contribution is 6.30. The van der Waals surface area contributed by atoms with E-state index < -0.39 is 11.8 Å². The average molecular weight is 375 g/mol. The minimum absolute atomic E-state index is 0.231. The van der Waals surface area contributed by atoms with Gasteiger partial charge in [-0.15, -0.1) is 0 Å². The molecule has 26 heavy (non-hydrogen) atoms. The van der Waals surface area contributed by atoms with Gasteiger partial charge >= 0.3 is 0 Å². The Morgan fingerprint density at radius 3 is 2.50 bits per heavy atom. The summed E-state index contributed by atoms with van der Waals surface area (Å²) in [6.07, 6.45) is 2.93. The quantitative estimate of drug-likeness (QED) is 0.602. The Balaban J connectivity index is 1.75. The molecule has 0 aliphatic carbocycles. The number of halogens is 1. The van der Waals surface area contributed by atoms with Crippen molar-refractivity contribution in [1.82, 2.24) is 10.9 Å². The first-order valence-electron chi connectivity index (χ1n) is 7.78. The Morgan fingerprint density at radius 1 is 1.12 bits per heavy atom. The summed E-state index contributed by atoms with van der Waals surface area (Å²) in [5, 5.41) is 0.593. The van der Waals surface area contributed by atoms with E-state index in [1.165, 1.54) is 6.08 Å². The zero-order valence-electron chi connectivity index (χ0n) is 14.4. The maximum Gasteiger partial charge on any atom is 0.276 e. The number of methoxy groups -OCH3 is 1. The molecule has 2 aromatic rings. The Labute approximate surface area is 156 Å². The molecule has 0 fully saturated rings. The standard InChI is InChI=1S/C19H19ClN2O4/c1-13-11-15(20)6-9-17(13)26-12-19(24)22-21-18(23)10-5-14-3-7-16(25-2)8-4-14/h3-11H,12H2,1-2H3,(H,21,23)(H,22,24)/b10-5+. The molecule has 7 heteroatoms. The van der Waals surface area contributed by atoms with Crippen LogP contribution in [0.25, 0.3) is 6.08 Å².